The molecule has 1 aliphatic carbocycles. The molecule has 0 saturated carbocycles. The summed E-state index contributed by atoms with van der Waals surface area (Å²) in [5.41, 5.74) is 5.47. The fourth-order valence-electron chi connectivity index (χ4n) is 1.45. The molecule has 4 nitrogen and oxygen atoms in total. The Bertz CT molecular complexity index is 336. The number of nitrogens with one attached hydrogen (secondary N) is 1. The molecular formula is C9H11ClN4. The van der Waals surface area contributed by atoms with Crippen molar-refractivity contribution in [2.24, 2.45) is 0 Å². The van der Waals surface area contributed by atoms with E-state index in [-0.39, 0.29) is 5.95 Å². The Morgan fingerprint density at radius 1 is 1.36 bits per heavy atom. The predicted octanol–water partition coefficient (Wildman–Crippen LogP) is 1.84. The van der Waals surface area contributed by atoms with Crippen molar-refractivity contribution in [2.45, 2.75) is 18.9 Å². The highest BCUT2D eigenvalue weighted by Crippen LogP contribution is 2.18. The summed E-state index contributed by atoms with van der Waals surface area (Å²) in [5.74, 6) is 0.891. The first-order valence-corrected chi connectivity index (χ1v) is 4.83. The van der Waals surface area contributed by atoms with Crippen LogP contribution in [0.15, 0.2) is 18.2 Å². The molecule has 3 N–H and O–H groups in total. The second-order valence-electron chi connectivity index (χ2n) is 3.22. The second-order valence-corrected chi connectivity index (χ2v) is 3.61. The van der Waals surface area contributed by atoms with Crippen molar-refractivity contribution < 1.29 is 0 Å². The zero-order chi connectivity index (χ0) is 9.97. The summed E-state index contributed by atoms with van der Waals surface area (Å²) in [7, 11) is 0. The lowest BCUT2D eigenvalue weighted by Crippen LogP contribution is -2.16. The molecule has 0 saturated heterocycles. The molecule has 5 heteroatoms. The summed E-state index contributed by atoms with van der Waals surface area (Å²) in [6, 6.07) is 2.08. The number of hydrogen-bond acceptors (Lipinski definition) is 4. The largest absolute Gasteiger partial charge is 0.368 e. The van der Waals surface area contributed by atoms with E-state index in [4.69, 9.17) is 17.3 Å². The zero-order valence-corrected chi connectivity index (χ0v) is 8.33. The Morgan fingerprint density at radius 3 is 2.71 bits per heavy atom. The standard InChI is InChI=1S/C9H11ClN4/c10-7-5-8(14-9(11)13-7)12-6-3-1-2-4-6/h1-2,5-6H,3-4H2,(H3,11,12,13,14). The highest BCUT2D eigenvalue weighted by atomic mass is 35.5. The second kappa shape index (κ2) is 3.84. The summed E-state index contributed by atoms with van der Waals surface area (Å²) in [6.07, 6.45) is 6.32. The lowest BCUT2D eigenvalue weighted by Gasteiger charge is -2.12. The number of nitrogens with two attached hydrogens (primary N) is 1. The summed E-state index contributed by atoms with van der Waals surface area (Å²) in [4.78, 5) is 7.83. The lowest BCUT2D eigenvalue weighted by molar-refractivity contribution is 0.780. The number of halogens is 1. The van der Waals surface area contributed by atoms with Gasteiger partial charge >= 0.3 is 0 Å². The van der Waals surface area contributed by atoms with Crippen molar-refractivity contribution in [3.05, 3.63) is 23.4 Å². The van der Waals surface area contributed by atoms with Crippen LogP contribution in [-0.2, 0) is 0 Å². The van der Waals surface area contributed by atoms with Gasteiger partial charge in [-0.3, -0.25) is 0 Å². The number of nitrogens with zero attached hydrogens (tertiary/aromatic N) is 2. The molecule has 14 heavy (non-hydrogen) atoms. The highest BCUT2D eigenvalue weighted by molar-refractivity contribution is 6.29. The highest BCUT2D eigenvalue weighted by Gasteiger charge is 2.10. The third-order valence-corrected chi connectivity index (χ3v) is 2.27. The molecule has 0 aromatic carbocycles. The number of rotatable bonds is 2. The van der Waals surface area contributed by atoms with Gasteiger partial charge in [-0.25, -0.2) is 4.98 Å². The molecule has 0 spiro atoms. The van der Waals surface area contributed by atoms with Crippen molar-refractivity contribution >= 4 is 23.4 Å². The summed E-state index contributed by atoms with van der Waals surface area (Å²) < 4.78 is 0. The van der Waals surface area contributed by atoms with Crippen LogP contribution in [0, 0.1) is 0 Å². The first-order chi connectivity index (χ1) is 6.74. The predicted molar refractivity (Wildman–Crippen MR) is 57.2 cm³/mol. The first-order valence-electron chi connectivity index (χ1n) is 4.45. The molecule has 2 rings (SSSR count). The number of hydrogen-bond donors (Lipinski definition) is 2. The Kier molecular flexibility index (Phi) is 2.54. The Hall–Kier alpha value is -1.29. The van der Waals surface area contributed by atoms with Gasteiger partial charge in [-0.2, -0.15) is 4.98 Å². The Morgan fingerprint density at radius 2 is 2.07 bits per heavy atom. The summed E-state index contributed by atoms with van der Waals surface area (Å²) >= 11 is 5.75. The van der Waals surface area contributed by atoms with E-state index < -0.39 is 0 Å². The van der Waals surface area contributed by atoms with Crippen LogP contribution in [0.4, 0.5) is 11.8 Å². The van der Waals surface area contributed by atoms with Crippen molar-refractivity contribution in [1.29, 1.82) is 0 Å². The molecule has 0 bridgehead atoms. The van der Waals surface area contributed by atoms with E-state index in [0.717, 1.165) is 12.8 Å². The Labute approximate surface area is 87.2 Å². The van der Waals surface area contributed by atoms with Crippen molar-refractivity contribution in [3.63, 3.8) is 0 Å². The molecule has 1 aromatic heterocycles. The SMILES string of the molecule is Nc1nc(Cl)cc(NC2CC=CC2)n1. The number of anilines is 2. The van der Waals surface area contributed by atoms with Gasteiger partial charge in [-0.1, -0.05) is 23.8 Å². The molecule has 0 radical (unpaired) electrons. The van der Waals surface area contributed by atoms with E-state index >= 15 is 0 Å². The maximum absolute atomic E-state index is 5.75. The average Bonchev–Trinajstić information content (AvgIpc) is 2.54. The van der Waals surface area contributed by atoms with Crippen molar-refractivity contribution in [3.8, 4) is 0 Å². The molecule has 0 fully saturated rings. The minimum atomic E-state index is 0.200. The van der Waals surface area contributed by atoms with Gasteiger partial charge in [0.05, 0.1) is 0 Å². The summed E-state index contributed by atoms with van der Waals surface area (Å²) in [6.45, 7) is 0. The quantitative estimate of drug-likeness (QED) is 0.578. The van der Waals surface area contributed by atoms with E-state index in [1.807, 2.05) is 0 Å². The maximum Gasteiger partial charge on any atom is 0.223 e. The molecule has 1 heterocycles. The third-order valence-electron chi connectivity index (χ3n) is 2.07. The van der Waals surface area contributed by atoms with Crippen LogP contribution in [0.1, 0.15) is 12.8 Å². The monoisotopic (exact) mass is 210 g/mol. The summed E-state index contributed by atoms with van der Waals surface area (Å²) in [5, 5.41) is 3.61. The lowest BCUT2D eigenvalue weighted by atomic mass is 10.2. The Balaban J connectivity index is 2.08. The zero-order valence-electron chi connectivity index (χ0n) is 7.57. The third kappa shape index (κ3) is 2.14. The molecular weight excluding hydrogens is 200 g/mol. The molecule has 0 unspecified atom stereocenters. The van der Waals surface area contributed by atoms with Crippen LogP contribution in [0.5, 0.6) is 0 Å². The van der Waals surface area contributed by atoms with Gasteiger partial charge in [-0.15, -0.1) is 0 Å². The van der Waals surface area contributed by atoms with Gasteiger partial charge in [0.15, 0.2) is 0 Å². The van der Waals surface area contributed by atoms with Gasteiger partial charge in [0, 0.05) is 12.1 Å². The maximum atomic E-state index is 5.75. The smallest absolute Gasteiger partial charge is 0.223 e. The van der Waals surface area contributed by atoms with E-state index in [1.165, 1.54) is 0 Å². The average molecular weight is 211 g/mol. The van der Waals surface area contributed by atoms with Crippen LogP contribution in [0.25, 0.3) is 0 Å². The normalized spacial score (nSPS) is 16.1. The van der Waals surface area contributed by atoms with Crippen molar-refractivity contribution in [1.82, 2.24) is 9.97 Å². The van der Waals surface area contributed by atoms with E-state index in [1.54, 1.807) is 6.07 Å². The molecule has 74 valence electrons. The van der Waals surface area contributed by atoms with Gasteiger partial charge < -0.3 is 11.1 Å². The van der Waals surface area contributed by atoms with Gasteiger partial charge in [0.25, 0.3) is 0 Å². The van der Waals surface area contributed by atoms with E-state index in [9.17, 15) is 0 Å². The molecule has 1 aromatic rings. The fourth-order valence-corrected chi connectivity index (χ4v) is 1.64. The fraction of sp³-hybridized carbons (Fsp3) is 0.333. The molecule has 0 atom stereocenters. The number of aromatic nitrogens is 2. The first kappa shape index (κ1) is 9.27. The molecule has 0 amide bonds. The molecule has 0 aliphatic heterocycles. The molecule has 1 aliphatic rings. The van der Waals surface area contributed by atoms with E-state index in [2.05, 4.69) is 27.4 Å². The van der Waals surface area contributed by atoms with Gasteiger partial charge in [0.2, 0.25) is 5.95 Å². The van der Waals surface area contributed by atoms with Crippen LogP contribution >= 0.6 is 11.6 Å². The van der Waals surface area contributed by atoms with Crippen molar-refractivity contribution in [2.75, 3.05) is 11.1 Å². The van der Waals surface area contributed by atoms with Crippen LogP contribution in [0.2, 0.25) is 5.15 Å². The van der Waals surface area contributed by atoms with Gasteiger partial charge in [-0.05, 0) is 12.8 Å². The van der Waals surface area contributed by atoms with Gasteiger partial charge in [0.1, 0.15) is 11.0 Å². The minimum absolute atomic E-state index is 0.200. The minimum Gasteiger partial charge on any atom is -0.368 e. The van der Waals surface area contributed by atoms with E-state index in [0.29, 0.717) is 17.0 Å². The van der Waals surface area contributed by atoms with Crippen LogP contribution < -0.4 is 11.1 Å². The number of nitrogen functional groups attached to an aromatic ring is 1. The topological polar surface area (TPSA) is 63.8 Å². The van der Waals surface area contributed by atoms with Crippen LogP contribution in [0.3, 0.4) is 0 Å². The van der Waals surface area contributed by atoms with Crippen LogP contribution in [-0.4, -0.2) is 16.0 Å².